The van der Waals surface area contributed by atoms with Crippen molar-refractivity contribution in [3.63, 3.8) is 0 Å². The Hall–Kier alpha value is -0.830. The van der Waals surface area contributed by atoms with Gasteiger partial charge >= 0.3 is 0 Å². The summed E-state index contributed by atoms with van der Waals surface area (Å²) in [6.45, 7) is 5.93. The minimum atomic E-state index is 0.0399. The lowest BCUT2D eigenvalue weighted by molar-refractivity contribution is 0.769. The molecule has 0 bridgehead atoms. The second kappa shape index (κ2) is 3.72. The van der Waals surface area contributed by atoms with Gasteiger partial charge in [-0.15, -0.1) is 6.58 Å². The Morgan fingerprint density at radius 3 is 3.00 bits per heavy atom. The first-order valence-electron chi connectivity index (χ1n) is 3.62. The first-order chi connectivity index (χ1) is 5.65. The number of aromatic nitrogens is 1. The number of hydrogen-bond acceptors (Lipinski definition) is 1. The summed E-state index contributed by atoms with van der Waals surface area (Å²) in [7, 11) is 0. The van der Waals surface area contributed by atoms with Crippen molar-refractivity contribution in [3.8, 4) is 0 Å². The van der Waals surface area contributed by atoms with Crippen LogP contribution in [0.2, 0.25) is 0 Å². The number of nitrogens with zero attached hydrogens (tertiary/aromatic N) is 1. The summed E-state index contributed by atoms with van der Waals surface area (Å²) in [5.41, 5.74) is 0.782. The van der Waals surface area contributed by atoms with Gasteiger partial charge in [-0.1, -0.05) is 6.08 Å². The van der Waals surface area contributed by atoms with Crippen LogP contribution in [0.3, 0.4) is 0 Å². The van der Waals surface area contributed by atoms with Crippen LogP contribution in [-0.4, -0.2) is 4.57 Å². The molecule has 1 heterocycles. The van der Waals surface area contributed by atoms with Crippen LogP contribution in [0.5, 0.6) is 0 Å². The first-order valence-corrected chi connectivity index (χ1v) is 4.42. The molecule has 0 saturated heterocycles. The molecule has 0 fully saturated rings. The molecule has 0 unspecified atom stereocenters. The summed E-state index contributed by atoms with van der Waals surface area (Å²) >= 11 is 3.32. The molecule has 0 radical (unpaired) electrons. The zero-order chi connectivity index (χ0) is 9.14. The maximum Gasteiger partial charge on any atom is 0.253 e. The van der Waals surface area contributed by atoms with Crippen molar-refractivity contribution in [2.75, 3.05) is 0 Å². The van der Waals surface area contributed by atoms with Gasteiger partial charge in [-0.05, 0) is 28.9 Å². The predicted octanol–water partition coefficient (Wildman–Crippen LogP) is 2.11. The van der Waals surface area contributed by atoms with Crippen molar-refractivity contribution < 1.29 is 0 Å². The van der Waals surface area contributed by atoms with Crippen LogP contribution in [0.15, 0.2) is 34.2 Å². The van der Waals surface area contributed by atoms with Gasteiger partial charge in [0, 0.05) is 22.8 Å². The van der Waals surface area contributed by atoms with Crippen molar-refractivity contribution in [2.24, 2.45) is 0 Å². The van der Waals surface area contributed by atoms with Gasteiger partial charge in [-0.3, -0.25) is 4.79 Å². The summed E-state index contributed by atoms with van der Waals surface area (Å²) in [6.07, 6.45) is 3.46. The molecule has 0 aliphatic heterocycles. The van der Waals surface area contributed by atoms with E-state index in [9.17, 15) is 4.79 Å². The number of halogens is 1. The van der Waals surface area contributed by atoms with Gasteiger partial charge in [-0.25, -0.2) is 0 Å². The lowest BCUT2D eigenvalue weighted by Gasteiger charge is -2.03. The summed E-state index contributed by atoms with van der Waals surface area (Å²) in [5.74, 6) is 0. The highest BCUT2D eigenvalue weighted by atomic mass is 79.9. The molecular formula is C9H10BrNO. The third-order valence-electron chi connectivity index (χ3n) is 1.56. The van der Waals surface area contributed by atoms with E-state index in [1.165, 1.54) is 0 Å². The molecule has 0 saturated carbocycles. The normalized spacial score (nSPS) is 9.83. The van der Waals surface area contributed by atoms with Crippen LogP contribution in [0, 0.1) is 6.92 Å². The maximum atomic E-state index is 11.4. The van der Waals surface area contributed by atoms with E-state index in [1.54, 1.807) is 23.8 Å². The molecule has 0 aliphatic carbocycles. The number of allylic oxidation sites excluding steroid dienone is 1. The summed E-state index contributed by atoms with van der Waals surface area (Å²) in [6, 6.07) is 1.81. The average Bonchev–Trinajstić information content (AvgIpc) is 2.00. The average molecular weight is 228 g/mol. The summed E-state index contributed by atoms with van der Waals surface area (Å²) < 4.78 is 2.54. The van der Waals surface area contributed by atoms with Crippen molar-refractivity contribution in [2.45, 2.75) is 13.5 Å². The number of aryl methyl sites for hydroxylation is 1. The topological polar surface area (TPSA) is 22.0 Å². The number of hydrogen-bond donors (Lipinski definition) is 0. The number of rotatable bonds is 2. The van der Waals surface area contributed by atoms with Crippen molar-refractivity contribution in [1.29, 1.82) is 0 Å². The minimum Gasteiger partial charge on any atom is -0.310 e. The maximum absolute atomic E-state index is 11.4. The van der Waals surface area contributed by atoms with Gasteiger partial charge in [-0.2, -0.15) is 0 Å². The molecule has 3 heteroatoms. The van der Waals surface area contributed by atoms with Crippen LogP contribution in [0.25, 0.3) is 0 Å². The molecule has 0 amide bonds. The first kappa shape index (κ1) is 9.26. The fourth-order valence-electron chi connectivity index (χ4n) is 1.01. The smallest absolute Gasteiger partial charge is 0.253 e. The van der Waals surface area contributed by atoms with Gasteiger partial charge in [0.25, 0.3) is 5.56 Å². The van der Waals surface area contributed by atoms with Gasteiger partial charge < -0.3 is 4.57 Å². The summed E-state index contributed by atoms with van der Waals surface area (Å²) in [4.78, 5) is 11.4. The second-order valence-corrected chi connectivity index (χ2v) is 3.50. The van der Waals surface area contributed by atoms with E-state index in [-0.39, 0.29) is 5.56 Å². The van der Waals surface area contributed by atoms with Crippen molar-refractivity contribution in [1.82, 2.24) is 4.57 Å². The highest BCUT2D eigenvalue weighted by molar-refractivity contribution is 9.10. The van der Waals surface area contributed by atoms with E-state index >= 15 is 0 Å². The zero-order valence-electron chi connectivity index (χ0n) is 6.88. The van der Waals surface area contributed by atoms with E-state index < -0.39 is 0 Å². The fraction of sp³-hybridized carbons (Fsp3) is 0.222. The molecule has 1 aromatic rings. The van der Waals surface area contributed by atoms with Crippen LogP contribution in [0.1, 0.15) is 5.56 Å². The van der Waals surface area contributed by atoms with Crippen molar-refractivity contribution >= 4 is 15.9 Å². The van der Waals surface area contributed by atoms with Crippen LogP contribution < -0.4 is 5.56 Å². The van der Waals surface area contributed by atoms with E-state index in [4.69, 9.17) is 0 Å². The molecule has 64 valence electrons. The van der Waals surface area contributed by atoms with Gasteiger partial charge in [0.15, 0.2) is 0 Å². The molecule has 1 aromatic heterocycles. The third-order valence-corrected chi connectivity index (χ3v) is 1.99. The quantitative estimate of drug-likeness (QED) is 0.710. The third kappa shape index (κ3) is 1.85. The van der Waals surface area contributed by atoms with E-state index in [2.05, 4.69) is 22.5 Å². The molecule has 0 atom stereocenters. The summed E-state index contributed by atoms with van der Waals surface area (Å²) in [5, 5.41) is 0. The van der Waals surface area contributed by atoms with Crippen LogP contribution in [-0.2, 0) is 6.54 Å². The SMILES string of the molecule is C=CCn1cc(Br)cc(C)c1=O. The fourth-order valence-corrected chi connectivity index (χ4v) is 1.61. The lowest BCUT2D eigenvalue weighted by Crippen LogP contribution is -2.20. The minimum absolute atomic E-state index is 0.0399. The molecule has 12 heavy (non-hydrogen) atoms. The Bertz CT molecular complexity index is 354. The Balaban J connectivity index is 3.27. The van der Waals surface area contributed by atoms with Crippen molar-refractivity contribution in [3.05, 3.63) is 45.3 Å². The Morgan fingerprint density at radius 2 is 2.42 bits per heavy atom. The Kier molecular flexibility index (Phi) is 2.87. The van der Waals surface area contributed by atoms with Crippen LogP contribution in [0.4, 0.5) is 0 Å². The standard InChI is InChI=1S/C9H10BrNO/c1-3-4-11-6-8(10)5-7(2)9(11)12/h3,5-6H,1,4H2,2H3. The Morgan fingerprint density at radius 1 is 1.75 bits per heavy atom. The molecule has 2 nitrogen and oxygen atoms in total. The molecular weight excluding hydrogens is 218 g/mol. The highest BCUT2D eigenvalue weighted by Gasteiger charge is 1.98. The van der Waals surface area contributed by atoms with E-state index in [1.807, 2.05) is 6.07 Å². The largest absolute Gasteiger partial charge is 0.310 e. The Labute approximate surface area is 79.7 Å². The zero-order valence-corrected chi connectivity index (χ0v) is 8.47. The lowest BCUT2D eigenvalue weighted by atomic mass is 10.3. The molecule has 1 rings (SSSR count). The van der Waals surface area contributed by atoms with Gasteiger partial charge in [0.2, 0.25) is 0 Å². The van der Waals surface area contributed by atoms with Crippen LogP contribution >= 0.6 is 15.9 Å². The van der Waals surface area contributed by atoms with Gasteiger partial charge in [0.05, 0.1) is 0 Å². The predicted molar refractivity (Wildman–Crippen MR) is 53.3 cm³/mol. The van der Waals surface area contributed by atoms with E-state index in [0.717, 1.165) is 10.0 Å². The molecule has 0 aromatic carbocycles. The second-order valence-electron chi connectivity index (χ2n) is 2.59. The molecule has 0 aliphatic rings. The molecule has 0 spiro atoms. The highest BCUT2D eigenvalue weighted by Crippen LogP contribution is 2.07. The van der Waals surface area contributed by atoms with E-state index in [0.29, 0.717) is 6.54 Å². The van der Waals surface area contributed by atoms with Gasteiger partial charge in [0.1, 0.15) is 0 Å². The monoisotopic (exact) mass is 227 g/mol. The number of pyridine rings is 1. The molecule has 0 N–H and O–H groups in total.